The van der Waals surface area contributed by atoms with Crippen LogP contribution in [-0.2, 0) is 5.41 Å². The van der Waals surface area contributed by atoms with Gasteiger partial charge in [0.15, 0.2) is 0 Å². The van der Waals surface area contributed by atoms with Crippen LogP contribution in [0.1, 0.15) is 26.3 Å². The molecule has 7 rings (SSSR count). The number of ether oxygens (including phenoxy) is 4. The lowest BCUT2D eigenvalue weighted by atomic mass is 9.86. The van der Waals surface area contributed by atoms with E-state index in [0.717, 1.165) is 16.2 Å². The first kappa shape index (κ1) is 34.4. The second kappa shape index (κ2) is 15.5. The van der Waals surface area contributed by atoms with Crippen molar-refractivity contribution in [1.29, 1.82) is 0 Å². The molecule has 0 aliphatic heterocycles. The van der Waals surface area contributed by atoms with Gasteiger partial charge >= 0.3 is 0 Å². The minimum atomic E-state index is -1.75. The van der Waals surface area contributed by atoms with Gasteiger partial charge in [-0.1, -0.05) is 124 Å². The first-order valence-electron chi connectivity index (χ1n) is 17.2. The largest absolute Gasteiger partial charge is 0.507 e. The van der Waals surface area contributed by atoms with Crippen LogP contribution in [-0.4, -0.2) is 5.11 Å². The molecule has 7 aromatic rings. The number of rotatable bonds is 11. The molecule has 0 aliphatic carbocycles. The van der Waals surface area contributed by atoms with Gasteiger partial charge in [0.1, 0.15) is 51.7 Å². The summed E-state index contributed by atoms with van der Waals surface area (Å²) in [5.74, 6) is 5.16. The van der Waals surface area contributed by atoms with E-state index in [1.165, 1.54) is 0 Å². The molecular weight excluding hydrogens is 663 g/mol. The van der Waals surface area contributed by atoms with Crippen molar-refractivity contribution < 1.29 is 24.1 Å². The van der Waals surface area contributed by atoms with Crippen LogP contribution in [0.15, 0.2) is 176 Å². The summed E-state index contributed by atoms with van der Waals surface area (Å²) in [4.78, 5) is 0. The minimum Gasteiger partial charge on any atom is -0.507 e. The number of para-hydroxylation sites is 5. The Balaban J connectivity index is 1.56. The van der Waals surface area contributed by atoms with Crippen molar-refractivity contribution in [3.05, 3.63) is 181 Å². The molecule has 0 bridgehead atoms. The van der Waals surface area contributed by atoms with Crippen LogP contribution < -0.4 is 34.9 Å². The van der Waals surface area contributed by atoms with Crippen molar-refractivity contribution in [2.24, 2.45) is 0 Å². The molecule has 0 fully saturated rings. The maximum absolute atomic E-state index is 12.4. The van der Waals surface area contributed by atoms with Gasteiger partial charge in [0.25, 0.3) is 0 Å². The highest BCUT2D eigenvalue weighted by molar-refractivity contribution is 7.80. The van der Waals surface area contributed by atoms with E-state index in [4.69, 9.17) is 18.9 Å². The van der Waals surface area contributed by atoms with Gasteiger partial charge in [0.2, 0.25) is 0 Å². The quantitative estimate of drug-likeness (QED) is 0.136. The summed E-state index contributed by atoms with van der Waals surface area (Å²) in [6, 6.07) is 56.3. The summed E-state index contributed by atoms with van der Waals surface area (Å²) >= 11 is 0. The fourth-order valence-electron chi connectivity index (χ4n) is 5.91. The average Bonchev–Trinajstić information content (AvgIpc) is 3.15. The van der Waals surface area contributed by atoms with E-state index in [1.807, 2.05) is 176 Å². The molecule has 0 amide bonds. The average molecular weight is 703 g/mol. The van der Waals surface area contributed by atoms with Crippen LogP contribution in [0.25, 0.3) is 0 Å². The third-order valence-electron chi connectivity index (χ3n) is 8.32. The lowest BCUT2D eigenvalue weighted by molar-refractivity contribution is 0.451. The van der Waals surface area contributed by atoms with E-state index in [-0.39, 0.29) is 11.2 Å². The summed E-state index contributed by atoms with van der Waals surface area (Å²) in [6.07, 6.45) is 0. The molecule has 0 aliphatic rings. The maximum Gasteiger partial charge on any atom is 0.139 e. The number of phenols is 1. The monoisotopic (exact) mass is 702 g/mol. The van der Waals surface area contributed by atoms with Crippen LogP contribution >= 0.6 is 7.92 Å². The third kappa shape index (κ3) is 7.81. The molecule has 7 aromatic carbocycles. The van der Waals surface area contributed by atoms with E-state index in [0.29, 0.717) is 51.3 Å². The van der Waals surface area contributed by atoms with Gasteiger partial charge in [-0.15, -0.1) is 0 Å². The third-order valence-corrected chi connectivity index (χ3v) is 10.9. The highest BCUT2D eigenvalue weighted by atomic mass is 31.1. The smallest absolute Gasteiger partial charge is 0.139 e. The van der Waals surface area contributed by atoms with E-state index in [1.54, 1.807) is 0 Å². The summed E-state index contributed by atoms with van der Waals surface area (Å²) in [7, 11) is -1.75. The molecule has 0 heterocycles. The molecule has 0 atom stereocenters. The van der Waals surface area contributed by atoms with Gasteiger partial charge in [0.05, 0.1) is 10.6 Å². The van der Waals surface area contributed by atoms with Crippen molar-refractivity contribution in [3.8, 4) is 51.7 Å². The Morgan fingerprint density at radius 3 is 1.00 bits per heavy atom. The van der Waals surface area contributed by atoms with Gasteiger partial charge in [-0.25, -0.2) is 0 Å². The normalized spacial score (nSPS) is 11.2. The highest BCUT2D eigenvalue weighted by Gasteiger charge is 2.35. The van der Waals surface area contributed by atoms with Crippen LogP contribution in [0, 0.1) is 0 Å². The maximum atomic E-state index is 12.4. The van der Waals surface area contributed by atoms with Crippen molar-refractivity contribution in [1.82, 2.24) is 0 Å². The Kier molecular flexibility index (Phi) is 10.2. The number of hydrogen-bond acceptors (Lipinski definition) is 5. The molecular formula is C46H39O5P. The van der Waals surface area contributed by atoms with Crippen molar-refractivity contribution in [2.45, 2.75) is 26.2 Å². The molecule has 0 radical (unpaired) electrons. The predicted octanol–water partition coefficient (Wildman–Crippen LogP) is 11.6. The van der Waals surface area contributed by atoms with Gasteiger partial charge in [-0.3, -0.25) is 0 Å². The Bertz CT molecular complexity index is 1990. The lowest BCUT2D eigenvalue weighted by Crippen LogP contribution is -2.27. The minimum absolute atomic E-state index is 0.196. The topological polar surface area (TPSA) is 57.2 Å². The van der Waals surface area contributed by atoms with E-state index >= 15 is 0 Å². The zero-order valence-electron chi connectivity index (χ0n) is 29.3. The van der Waals surface area contributed by atoms with Crippen LogP contribution in [0.5, 0.6) is 51.7 Å². The molecule has 1 N–H and O–H groups in total. The Morgan fingerprint density at radius 1 is 0.385 bits per heavy atom. The fraction of sp³-hybridized carbons (Fsp3) is 0.0870. The summed E-state index contributed by atoms with van der Waals surface area (Å²) in [6.45, 7) is 6.29. The van der Waals surface area contributed by atoms with Gasteiger partial charge in [-0.05, 0) is 83.8 Å². The molecule has 0 saturated carbocycles. The fourth-order valence-corrected chi connectivity index (χ4v) is 8.54. The van der Waals surface area contributed by atoms with Crippen molar-refractivity contribution >= 4 is 23.8 Å². The molecule has 0 aromatic heterocycles. The Labute approximate surface area is 306 Å². The first-order valence-corrected chi connectivity index (χ1v) is 18.5. The van der Waals surface area contributed by atoms with Crippen molar-refractivity contribution in [2.75, 3.05) is 0 Å². The van der Waals surface area contributed by atoms with Gasteiger partial charge in [-0.2, -0.15) is 0 Å². The lowest BCUT2D eigenvalue weighted by Gasteiger charge is -2.30. The molecule has 5 nitrogen and oxygen atoms in total. The zero-order valence-corrected chi connectivity index (χ0v) is 30.2. The molecule has 6 heteroatoms. The van der Waals surface area contributed by atoms with Gasteiger partial charge < -0.3 is 24.1 Å². The first-order chi connectivity index (χ1) is 25.3. The number of benzene rings is 7. The molecule has 258 valence electrons. The van der Waals surface area contributed by atoms with E-state index < -0.39 is 7.92 Å². The summed E-state index contributed by atoms with van der Waals surface area (Å²) in [5, 5.41) is 14.6. The second-order valence-electron chi connectivity index (χ2n) is 13.1. The Morgan fingerprint density at radius 2 is 0.692 bits per heavy atom. The standard InChI is InChI=1S/C46H39O5P/c1-46(2,3)37-27-16-32-42(43(37)47)52(44-38(48-33-19-8-4-9-20-33)28-17-29-39(44)49-34-21-10-5-11-22-34)45-40(50-35-23-12-6-13-24-35)30-18-31-41(45)51-36-25-14-7-15-26-36/h4-32,47H,1-3H3. The Hall–Kier alpha value is -6.03. The molecule has 0 saturated heterocycles. The van der Waals surface area contributed by atoms with Crippen LogP contribution in [0.2, 0.25) is 0 Å². The summed E-state index contributed by atoms with van der Waals surface area (Å²) < 4.78 is 27.0. The summed E-state index contributed by atoms with van der Waals surface area (Å²) in [5.41, 5.74) is 0.463. The predicted molar refractivity (Wildman–Crippen MR) is 212 cm³/mol. The molecule has 52 heavy (non-hydrogen) atoms. The van der Waals surface area contributed by atoms with Crippen LogP contribution in [0.4, 0.5) is 0 Å². The second-order valence-corrected chi connectivity index (χ2v) is 15.2. The van der Waals surface area contributed by atoms with Crippen molar-refractivity contribution in [3.63, 3.8) is 0 Å². The SMILES string of the molecule is CC(C)(C)c1cccc(P(c2c(Oc3ccccc3)cccc2Oc2ccccc2)c2c(Oc3ccccc3)cccc2Oc2ccccc2)c1O. The zero-order chi connectivity index (χ0) is 35.9. The molecule has 0 unspecified atom stereocenters. The van der Waals surface area contributed by atoms with Crippen LogP contribution in [0.3, 0.4) is 0 Å². The van der Waals surface area contributed by atoms with E-state index in [9.17, 15) is 5.11 Å². The number of aromatic hydroxyl groups is 1. The van der Waals surface area contributed by atoms with E-state index in [2.05, 4.69) is 20.8 Å². The highest BCUT2D eigenvalue weighted by Crippen LogP contribution is 2.50. The van der Waals surface area contributed by atoms with Gasteiger partial charge in [0, 0.05) is 13.2 Å². The number of hydrogen-bond donors (Lipinski definition) is 1. The number of phenolic OH excluding ortho intramolecular Hbond substituents is 1. The molecule has 0 spiro atoms.